The van der Waals surface area contributed by atoms with Crippen LogP contribution in [0.25, 0.3) is 0 Å². The number of esters is 1. The number of benzene rings is 2. The van der Waals surface area contributed by atoms with Gasteiger partial charge in [0, 0.05) is 15.7 Å². The molecule has 30 heavy (non-hydrogen) atoms. The van der Waals surface area contributed by atoms with Crippen molar-refractivity contribution in [1.29, 1.82) is 0 Å². The topological polar surface area (TPSA) is 64.6 Å². The van der Waals surface area contributed by atoms with E-state index in [2.05, 4.69) is 5.32 Å². The van der Waals surface area contributed by atoms with Gasteiger partial charge in [0.05, 0.1) is 19.1 Å². The second kappa shape index (κ2) is 9.71. The Morgan fingerprint density at radius 3 is 2.43 bits per heavy atom. The number of anilines is 1. The minimum absolute atomic E-state index is 0.147. The molecular formula is C23H25Cl2NO4. The molecule has 160 valence electrons. The molecular weight excluding hydrogens is 425 g/mol. The van der Waals surface area contributed by atoms with E-state index in [1.54, 1.807) is 30.3 Å². The van der Waals surface area contributed by atoms with Crippen LogP contribution in [0, 0.1) is 0 Å². The fraction of sp³-hybridized carbons (Fsp3) is 0.391. The maximum Gasteiger partial charge on any atom is 0.341 e. The summed E-state index contributed by atoms with van der Waals surface area (Å²) in [5.41, 5.74) is 0.798. The third-order valence-electron chi connectivity index (χ3n) is 5.53. The first-order valence-corrected chi connectivity index (χ1v) is 10.8. The predicted octanol–water partition coefficient (Wildman–Crippen LogP) is 6.02. The van der Waals surface area contributed by atoms with E-state index in [-0.39, 0.29) is 11.5 Å². The van der Waals surface area contributed by atoms with Gasteiger partial charge in [-0.25, -0.2) is 4.79 Å². The van der Waals surface area contributed by atoms with E-state index in [4.69, 9.17) is 32.7 Å². The third kappa shape index (κ3) is 4.57. The quantitative estimate of drug-likeness (QED) is 0.547. The summed E-state index contributed by atoms with van der Waals surface area (Å²) in [6, 6.07) is 10.2. The highest BCUT2D eigenvalue weighted by atomic mass is 35.5. The van der Waals surface area contributed by atoms with Crippen LogP contribution in [0.2, 0.25) is 10.0 Å². The fourth-order valence-corrected chi connectivity index (χ4v) is 4.65. The van der Waals surface area contributed by atoms with Gasteiger partial charge in [-0.1, -0.05) is 48.5 Å². The summed E-state index contributed by atoms with van der Waals surface area (Å²) >= 11 is 12.6. The van der Waals surface area contributed by atoms with Crippen LogP contribution in [-0.2, 0) is 14.9 Å². The number of methoxy groups -OCH3 is 1. The third-order valence-corrected chi connectivity index (χ3v) is 6.08. The monoisotopic (exact) mass is 449 g/mol. The van der Waals surface area contributed by atoms with Crippen molar-refractivity contribution in [2.75, 3.05) is 19.0 Å². The average molecular weight is 450 g/mol. The zero-order chi connectivity index (χ0) is 21.7. The van der Waals surface area contributed by atoms with Crippen molar-refractivity contribution in [3.05, 3.63) is 57.6 Å². The SMILES string of the molecule is CCOc1ccc(NC(=O)C2(c3ccc(Cl)cc3Cl)CCCCC2)cc1C(=O)OC. The van der Waals surface area contributed by atoms with Crippen molar-refractivity contribution in [2.45, 2.75) is 44.4 Å². The number of hydrogen-bond donors (Lipinski definition) is 1. The standard InChI is InChI=1S/C23H25Cl2NO4/c1-3-30-20-10-8-16(14-17(20)21(27)29-2)26-22(28)23(11-5-4-6-12-23)18-9-7-15(24)13-19(18)25/h7-10,13-14H,3-6,11-12H2,1-2H3,(H,26,28). The smallest absolute Gasteiger partial charge is 0.341 e. The molecule has 0 bridgehead atoms. The van der Waals surface area contributed by atoms with Gasteiger partial charge in [0.15, 0.2) is 0 Å². The van der Waals surface area contributed by atoms with E-state index in [9.17, 15) is 9.59 Å². The summed E-state index contributed by atoms with van der Waals surface area (Å²) in [7, 11) is 1.31. The molecule has 0 radical (unpaired) electrons. The van der Waals surface area contributed by atoms with Crippen molar-refractivity contribution < 1.29 is 19.1 Å². The number of halogens is 2. The van der Waals surface area contributed by atoms with Crippen LogP contribution in [-0.4, -0.2) is 25.6 Å². The van der Waals surface area contributed by atoms with Crippen LogP contribution in [0.3, 0.4) is 0 Å². The highest BCUT2D eigenvalue weighted by Gasteiger charge is 2.42. The van der Waals surface area contributed by atoms with E-state index in [1.807, 2.05) is 13.0 Å². The van der Waals surface area contributed by atoms with Crippen LogP contribution < -0.4 is 10.1 Å². The molecule has 1 aliphatic rings. The van der Waals surface area contributed by atoms with Crippen molar-refractivity contribution in [1.82, 2.24) is 0 Å². The van der Waals surface area contributed by atoms with Gasteiger partial charge in [-0.05, 0) is 55.7 Å². The van der Waals surface area contributed by atoms with E-state index >= 15 is 0 Å². The molecule has 3 rings (SSSR count). The Kier molecular flexibility index (Phi) is 7.27. The summed E-state index contributed by atoms with van der Waals surface area (Å²) < 4.78 is 10.4. The number of amides is 1. The summed E-state index contributed by atoms with van der Waals surface area (Å²) in [5, 5.41) is 4.01. The number of rotatable bonds is 6. The van der Waals surface area contributed by atoms with Gasteiger partial charge in [-0.15, -0.1) is 0 Å². The van der Waals surface area contributed by atoms with Crippen LogP contribution in [0.15, 0.2) is 36.4 Å². The van der Waals surface area contributed by atoms with Gasteiger partial charge >= 0.3 is 5.97 Å². The molecule has 0 atom stereocenters. The minimum atomic E-state index is -0.746. The average Bonchev–Trinajstić information content (AvgIpc) is 2.74. The first kappa shape index (κ1) is 22.4. The van der Waals surface area contributed by atoms with Gasteiger partial charge in [-0.2, -0.15) is 0 Å². The molecule has 1 amide bonds. The van der Waals surface area contributed by atoms with Gasteiger partial charge in [0.1, 0.15) is 11.3 Å². The largest absolute Gasteiger partial charge is 0.493 e. The molecule has 1 aliphatic carbocycles. The Balaban J connectivity index is 1.96. The summed E-state index contributed by atoms with van der Waals surface area (Å²) in [6.45, 7) is 2.24. The zero-order valence-electron chi connectivity index (χ0n) is 17.1. The van der Waals surface area contributed by atoms with Crippen LogP contribution >= 0.6 is 23.2 Å². The molecule has 2 aromatic carbocycles. The lowest BCUT2D eigenvalue weighted by Crippen LogP contribution is -2.42. The first-order valence-electron chi connectivity index (χ1n) is 10.0. The Hall–Kier alpha value is -2.24. The summed E-state index contributed by atoms with van der Waals surface area (Å²) in [5.74, 6) is -0.260. The molecule has 2 aromatic rings. The lowest BCUT2D eigenvalue weighted by molar-refractivity contribution is -0.122. The van der Waals surface area contributed by atoms with E-state index in [0.717, 1.165) is 24.8 Å². The van der Waals surface area contributed by atoms with Crippen LogP contribution in [0.5, 0.6) is 5.75 Å². The Morgan fingerprint density at radius 1 is 1.07 bits per heavy atom. The van der Waals surface area contributed by atoms with E-state index in [1.165, 1.54) is 7.11 Å². The number of carbonyl (C=O) groups excluding carboxylic acids is 2. The van der Waals surface area contributed by atoms with Gasteiger partial charge in [0.2, 0.25) is 5.91 Å². The fourth-order valence-electron chi connectivity index (χ4n) is 4.06. The second-order valence-electron chi connectivity index (χ2n) is 7.36. The highest BCUT2D eigenvalue weighted by Crippen LogP contribution is 2.44. The van der Waals surface area contributed by atoms with Crippen molar-refractivity contribution >= 4 is 40.8 Å². The van der Waals surface area contributed by atoms with Crippen LogP contribution in [0.4, 0.5) is 5.69 Å². The molecule has 7 heteroatoms. The number of hydrogen-bond acceptors (Lipinski definition) is 4. The van der Waals surface area contributed by atoms with E-state index in [0.29, 0.717) is 40.9 Å². The zero-order valence-corrected chi connectivity index (χ0v) is 18.6. The summed E-state index contributed by atoms with van der Waals surface area (Å²) in [4.78, 5) is 25.7. The Bertz CT molecular complexity index is 939. The predicted molar refractivity (Wildman–Crippen MR) is 119 cm³/mol. The molecule has 0 aliphatic heterocycles. The molecule has 0 aromatic heterocycles. The highest BCUT2D eigenvalue weighted by molar-refractivity contribution is 6.35. The van der Waals surface area contributed by atoms with Crippen molar-refractivity contribution in [3.63, 3.8) is 0 Å². The van der Waals surface area contributed by atoms with Crippen molar-refractivity contribution in [3.8, 4) is 5.75 Å². The Labute approximate surface area is 186 Å². The lowest BCUT2D eigenvalue weighted by atomic mass is 9.68. The summed E-state index contributed by atoms with van der Waals surface area (Å²) in [6.07, 6.45) is 4.34. The molecule has 5 nitrogen and oxygen atoms in total. The lowest BCUT2D eigenvalue weighted by Gasteiger charge is -2.37. The van der Waals surface area contributed by atoms with Gasteiger partial charge < -0.3 is 14.8 Å². The van der Waals surface area contributed by atoms with Crippen molar-refractivity contribution in [2.24, 2.45) is 0 Å². The molecule has 1 fully saturated rings. The van der Waals surface area contributed by atoms with Crippen LogP contribution in [0.1, 0.15) is 54.9 Å². The maximum atomic E-state index is 13.5. The van der Waals surface area contributed by atoms with Gasteiger partial charge in [0.25, 0.3) is 0 Å². The number of carbonyl (C=O) groups is 2. The molecule has 1 N–H and O–H groups in total. The number of ether oxygens (including phenoxy) is 2. The Morgan fingerprint density at radius 2 is 1.80 bits per heavy atom. The molecule has 0 unspecified atom stereocenters. The first-order chi connectivity index (χ1) is 14.4. The molecule has 1 saturated carbocycles. The molecule has 0 heterocycles. The maximum absolute atomic E-state index is 13.5. The van der Waals surface area contributed by atoms with E-state index < -0.39 is 11.4 Å². The molecule has 0 saturated heterocycles. The number of nitrogens with one attached hydrogen (secondary N) is 1. The minimum Gasteiger partial charge on any atom is -0.493 e. The second-order valence-corrected chi connectivity index (χ2v) is 8.20. The van der Waals surface area contributed by atoms with Gasteiger partial charge in [-0.3, -0.25) is 4.79 Å². The molecule has 0 spiro atoms. The normalized spacial score (nSPS) is 15.3.